The monoisotopic (exact) mass is 233 g/mol. The third kappa shape index (κ3) is 2.25. The molecule has 0 unspecified atom stereocenters. The number of hydrogen-bond donors (Lipinski definition) is 1. The lowest BCUT2D eigenvalue weighted by molar-refractivity contribution is 0.0690. The van der Waals surface area contributed by atoms with Gasteiger partial charge in [-0.1, -0.05) is 0 Å². The fraction of sp³-hybridized carbons (Fsp3) is 0.182. The zero-order valence-corrected chi connectivity index (χ0v) is 9.41. The molecule has 0 atom stereocenters. The second kappa shape index (κ2) is 4.25. The fourth-order valence-corrected chi connectivity index (χ4v) is 1.43. The Morgan fingerprint density at radius 3 is 2.76 bits per heavy atom. The normalized spacial score (nSPS) is 10.2. The van der Waals surface area contributed by atoms with Crippen LogP contribution in [0.25, 0.3) is 11.3 Å². The fourth-order valence-electron chi connectivity index (χ4n) is 1.43. The molecule has 0 aliphatic carbocycles. The molecule has 0 spiro atoms. The van der Waals surface area contributed by atoms with E-state index in [-0.39, 0.29) is 5.69 Å². The van der Waals surface area contributed by atoms with Crippen LogP contribution in [0.5, 0.6) is 5.75 Å². The first-order chi connectivity index (χ1) is 8.10. The largest absolute Gasteiger partial charge is 0.497 e. The summed E-state index contributed by atoms with van der Waals surface area (Å²) in [5, 5.41) is 13.0. The van der Waals surface area contributed by atoms with Gasteiger partial charge in [0.1, 0.15) is 5.75 Å². The quantitative estimate of drug-likeness (QED) is 0.861. The number of carboxylic acid groups (broad SMARTS) is 1. The zero-order chi connectivity index (χ0) is 12.4. The van der Waals surface area contributed by atoms with Crippen LogP contribution >= 0.6 is 0 Å². The highest BCUT2D eigenvalue weighted by Crippen LogP contribution is 2.22. The molecule has 0 bridgehead atoms. The summed E-state index contributed by atoms with van der Waals surface area (Å²) in [5.41, 5.74) is 1.21. The van der Waals surface area contributed by atoms with E-state index in [0.717, 1.165) is 5.56 Å². The van der Waals surface area contributed by atoms with E-state index in [1.807, 2.05) is 0 Å². The predicted molar refractivity (Wildman–Crippen MR) is 60.0 cm³/mol. The van der Waals surface area contributed by atoms with E-state index in [2.05, 4.69) is 10.1 Å². The molecule has 0 aliphatic heterocycles. The number of aromatic carboxylic acids is 1. The highest BCUT2D eigenvalue weighted by atomic mass is 16.5. The molecule has 0 fully saturated rings. The smallest absolute Gasteiger partial charge is 0.354 e. The van der Waals surface area contributed by atoms with E-state index in [0.29, 0.717) is 11.4 Å². The maximum absolute atomic E-state index is 10.9. The molecule has 0 saturated carbocycles. The Labute approximate surface area is 97.5 Å². The average molecular weight is 233 g/mol. The van der Waals surface area contributed by atoms with E-state index in [4.69, 9.17) is 9.84 Å². The van der Waals surface area contributed by atoms with Crippen molar-refractivity contribution >= 4 is 5.97 Å². The highest BCUT2D eigenvalue weighted by Gasteiger charge is 2.11. The van der Waals surface area contributed by atoms with Crippen molar-refractivity contribution in [2.75, 3.05) is 7.11 Å². The van der Waals surface area contributed by atoms with Crippen LogP contribution in [0.1, 0.15) is 10.5 Å². The number of pyridine rings is 1. The number of aromatic nitrogens is 3. The number of methoxy groups -OCH3 is 1. The van der Waals surface area contributed by atoms with Crippen LogP contribution in [0.4, 0.5) is 0 Å². The van der Waals surface area contributed by atoms with Gasteiger partial charge in [0.25, 0.3) is 0 Å². The lowest BCUT2D eigenvalue weighted by Crippen LogP contribution is -2.02. The van der Waals surface area contributed by atoms with Gasteiger partial charge in [-0.2, -0.15) is 5.10 Å². The summed E-state index contributed by atoms with van der Waals surface area (Å²) in [6.07, 6.45) is 3.38. The van der Waals surface area contributed by atoms with Gasteiger partial charge in [-0.05, 0) is 0 Å². The van der Waals surface area contributed by atoms with Gasteiger partial charge in [0.2, 0.25) is 0 Å². The molecule has 2 aromatic heterocycles. The molecule has 0 amide bonds. The maximum atomic E-state index is 10.9. The third-order valence-electron chi connectivity index (χ3n) is 2.25. The SMILES string of the molecule is COc1cc(C(=O)O)nc(-c2cnn(C)c2)c1. The van der Waals surface area contributed by atoms with Crippen molar-refractivity contribution < 1.29 is 14.6 Å². The Hall–Kier alpha value is -2.37. The van der Waals surface area contributed by atoms with Gasteiger partial charge in [0, 0.05) is 30.9 Å². The second-order valence-corrected chi connectivity index (χ2v) is 3.49. The molecule has 6 heteroatoms. The second-order valence-electron chi connectivity index (χ2n) is 3.49. The van der Waals surface area contributed by atoms with Crippen molar-refractivity contribution in [3.05, 3.63) is 30.2 Å². The van der Waals surface area contributed by atoms with Crippen molar-refractivity contribution in [1.29, 1.82) is 0 Å². The Balaban J connectivity index is 2.53. The number of hydrogen-bond acceptors (Lipinski definition) is 4. The first-order valence-electron chi connectivity index (χ1n) is 4.88. The van der Waals surface area contributed by atoms with E-state index < -0.39 is 5.97 Å². The molecule has 88 valence electrons. The molecule has 0 aromatic carbocycles. The van der Waals surface area contributed by atoms with Crippen molar-refractivity contribution in [3.63, 3.8) is 0 Å². The van der Waals surface area contributed by atoms with Crippen LogP contribution in [0, 0.1) is 0 Å². The van der Waals surface area contributed by atoms with E-state index in [1.165, 1.54) is 13.2 Å². The minimum Gasteiger partial charge on any atom is -0.497 e. The molecule has 2 rings (SSSR count). The number of nitrogens with zero attached hydrogens (tertiary/aromatic N) is 3. The molecule has 2 aromatic rings. The van der Waals surface area contributed by atoms with Crippen LogP contribution in [-0.2, 0) is 7.05 Å². The van der Waals surface area contributed by atoms with Crippen LogP contribution < -0.4 is 4.74 Å². The van der Waals surface area contributed by atoms with Crippen molar-refractivity contribution in [1.82, 2.24) is 14.8 Å². The molecule has 2 heterocycles. The summed E-state index contributed by atoms with van der Waals surface area (Å²) in [5.74, 6) is -0.634. The standard InChI is InChI=1S/C11H11N3O3/c1-14-6-7(5-12-14)9-3-8(17-2)4-10(13-9)11(15)16/h3-6H,1-2H3,(H,15,16). The van der Waals surface area contributed by atoms with Gasteiger partial charge < -0.3 is 9.84 Å². The van der Waals surface area contributed by atoms with Gasteiger partial charge in [0.05, 0.1) is 19.0 Å². The Bertz CT molecular complexity index is 563. The maximum Gasteiger partial charge on any atom is 0.354 e. The predicted octanol–water partition coefficient (Wildman–Crippen LogP) is 1.19. The summed E-state index contributed by atoms with van der Waals surface area (Å²) in [6.45, 7) is 0. The van der Waals surface area contributed by atoms with E-state index in [1.54, 1.807) is 30.2 Å². The molecular weight excluding hydrogens is 222 g/mol. The van der Waals surface area contributed by atoms with Crippen LogP contribution in [-0.4, -0.2) is 33.0 Å². The third-order valence-corrected chi connectivity index (χ3v) is 2.25. The molecule has 17 heavy (non-hydrogen) atoms. The first kappa shape index (κ1) is 11.1. The summed E-state index contributed by atoms with van der Waals surface area (Å²) < 4.78 is 6.67. The average Bonchev–Trinajstić information content (AvgIpc) is 2.75. The molecule has 1 N–H and O–H groups in total. The number of carboxylic acids is 1. The first-order valence-corrected chi connectivity index (χ1v) is 4.88. The lowest BCUT2D eigenvalue weighted by atomic mass is 10.2. The summed E-state index contributed by atoms with van der Waals surface area (Å²) in [7, 11) is 3.26. The molecule has 0 radical (unpaired) electrons. The summed E-state index contributed by atoms with van der Waals surface area (Å²) >= 11 is 0. The number of carbonyl (C=O) groups is 1. The van der Waals surface area contributed by atoms with Crippen molar-refractivity contribution in [3.8, 4) is 17.0 Å². The van der Waals surface area contributed by atoms with Crippen LogP contribution in [0.2, 0.25) is 0 Å². The Morgan fingerprint density at radius 1 is 1.47 bits per heavy atom. The summed E-state index contributed by atoms with van der Waals surface area (Å²) in [4.78, 5) is 15.0. The van der Waals surface area contributed by atoms with Gasteiger partial charge in [-0.3, -0.25) is 4.68 Å². The van der Waals surface area contributed by atoms with Crippen molar-refractivity contribution in [2.24, 2.45) is 7.05 Å². The molecule has 6 nitrogen and oxygen atoms in total. The Morgan fingerprint density at radius 2 is 2.24 bits per heavy atom. The van der Waals surface area contributed by atoms with Gasteiger partial charge in [-0.15, -0.1) is 0 Å². The van der Waals surface area contributed by atoms with Crippen LogP contribution in [0.15, 0.2) is 24.5 Å². The highest BCUT2D eigenvalue weighted by molar-refractivity contribution is 5.86. The van der Waals surface area contributed by atoms with Gasteiger partial charge in [-0.25, -0.2) is 9.78 Å². The van der Waals surface area contributed by atoms with Gasteiger partial charge in [0.15, 0.2) is 5.69 Å². The minimum atomic E-state index is -1.09. The summed E-state index contributed by atoms with van der Waals surface area (Å²) in [6, 6.07) is 3.05. The number of rotatable bonds is 3. The molecule has 0 aliphatic rings. The zero-order valence-electron chi connectivity index (χ0n) is 9.41. The Kier molecular flexibility index (Phi) is 2.78. The van der Waals surface area contributed by atoms with Crippen molar-refractivity contribution in [2.45, 2.75) is 0 Å². The number of ether oxygens (including phenoxy) is 1. The lowest BCUT2D eigenvalue weighted by Gasteiger charge is -2.04. The van der Waals surface area contributed by atoms with E-state index >= 15 is 0 Å². The molecular formula is C11H11N3O3. The van der Waals surface area contributed by atoms with E-state index in [9.17, 15) is 4.79 Å². The van der Waals surface area contributed by atoms with Crippen LogP contribution in [0.3, 0.4) is 0 Å². The van der Waals surface area contributed by atoms with Gasteiger partial charge >= 0.3 is 5.97 Å². The number of aryl methyl sites for hydroxylation is 1. The minimum absolute atomic E-state index is 0.0526. The topological polar surface area (TPSA) is 77.2 Å². The molecule has 0 saturated heterocycles.